The molecule has 0 radical (unpaired) electrons. The van der Waals surface area contributed by atoms with Crippen LogP contribution >= 0.6 is 0 Å². The summed E-state index contributed by atoms with van der Waals surface area (Å²) in [7, 11) is 3.21. The first-order chi connectivity index (χ1) is 9.43. The van der Waals surface area contributed by atoms with Crippen LogP contribution in [0.4, 0.5) is 8.78 Å². The van der Waals surface area contributed by atoms with E-state index in [2.05, 4.69) is 0 Å². The molecule has 1 aliphatic heterocycles. The minimum atomic E-state index is -1.17. The second kappa shape index (κ2) is 5.56. The predicted molar refractivity (Wildman–Crippen MR) is 69.1 cm³/mol. The lowest BCUT2D eigenvalue weighted by molar-refractivity contribution is -0.132. The number of amides is 2. The van der Waals surface area contributed by atoms with Gasteiger partial charge in [0.25, 0.3) is 5.91 Å². The van der Waals surface area contributed by atoms with Gasteiger partial charge >= 0.3 is 0 Å². The normalized spacial score (nSPS) is 18.2. The Morgan fingerprint density at radius 2 is 2.00 bits per heavy atom. The average Bonchev–Trinajstić information content (AvgIpc) is 2.89. The van der Waals surface area contributed by atoms with E-state index in [0.717, 1.165) is 6.07 Å². The van der Waals surface area contributed by atoms with Gasteiger partial charge in [0.15, 0.2) is 11.6 Å². The van der Waals surface area contributed by atoms with Crippen molar-refractivity contribution in [2.45, 2.75) is 18.9 Å². The van der Waals surface area contributed by atoms with Crippen molar-refractivity contribution in [2.75, 3.05) is 20.6 Å². The highest BCUT2D eigenvalue weighted by atomic mass is 19.2. The van der Waals surface area contributed by atoms with Gasteiger partial charge in [-0.05, 0) is 25.0 Å². The first-order valence-corrected chi connectivity index (χ1v) is 6.39. The Hall–Kier alpha value is -1.98. The number of halogens is 2. The maximum atomic E-state index is 13.7. The van der Waals surface area contributed by atoms with E-state index in [1.807, 2.05) is 0 Å². The number of hydrogen-bond donors (Lipinski definition) is 0. The molecule has 4 nitrogen and oxygen atoms in total. The lowest BCUT2D eigenvalue weighted by Crippen LogP contribution is -2.45. The summed E-state index contributed by atoms with van der Waals surface area (Å²) in [5.41, 5.74) is -0.330. The zero-order valence-electron chi connectivity index (χ0n) is 11.4. The molecule has 0 saturated carbocycles. The SMILES string of the molecule is CN(C)C(=O)C1CCCN1C(=O)c1cccc(F)c1F. The molecular weight excluding hydrogens is 266 g/mol. The number of likely N-dealkylation sites (N-methyl/N-ethyl adjacent to an activating group) is 1. The fraction of sp³-hybridized carbons (Fsp3) is 0.429. The Labute approximate surface area is 116 Å². The molecule has 1 atom stereocenters. The standard InChI is InChI=1S/C14H16F2N2O2/c1-17(2)14(20)11-7-4-8-18(11)13(19)9-5-3-6-10(15)12(9)16/h3,5-6,11H,4,7-8H2,1-2H3. The first kappa shape index (κ1) is 14.4. The van der Waals surface area contributed by atoms with E-state index in [0.29, 0.717) is 19.4 Å². The van der Waals surface area contributed by atoms with Crippen LogP contribution < -0.4 is 0 Å². The smallest absolute Gasteiger partial charge is 0.257 e. The number of rotatable bonds is 2. The molecule has 6 heteroatoms. The molecule has 20 heavy (non-hydrogen) atoms. The second-order valence-electron chi connectivity index (χ2n) is 4.99. The molecule has 1 unspecified atom stereocenters. The van der Waals surface area contributed by atoms with Crippen LogP contribution in [0, 0.1) is 11.6 Å². The molecule has 2 rings (SSSR count). The number of benzene rings is 1. The van der Waals surface area contributed by atoms with Crippen LogP contribution in [0.3, 0.4) is 0 Å². The fourth-order valence-corrected chi connectivity index (χ4v) is 2.39. The Kier molecular flexibility index (Phi) is 4.01. The molecule has 1 aliphatic rings. The Balaban J connectivity index is 2.28. The molecule has 0 bridgehead atoms. The summed E-state index contributed by atoms with van der Waals surface area (Å²) in [6.07, 6.45) is 1.21. The first-order valence-electron chi connectivity index (χ1n) is 6.39. The van der Waals surface area contributed by atoms with Gasteiger partial charge in [-0.2, -0.15) is 0 Å². The van der Waals surface area contributed by atoms with E-state index in [1.54, 1.807) is 14.1 Å². The van der Waals surface area contributed by atoms with Gasteiger partial charge in [-0.1, -0.05) is 6.07 Å². The van der Waals surface area contributed by atoms with Crippen LogP contribution in [0.25, 0.3) is 0 Å². The number of likely N-dealkylation sites (tertiary alicyclic amines) is 1. The van der Waals surface area contributed by atoms with Gasteiger partial charge in [0, 0.05) is 20.6 Å². The summed E-state index contributed by atoms with van der Waals surface area (Å²) in [5, 5.41) is 0. The van der Waals surface area contributed by atoms with Crippen molar-refractivity contribution in [3.8, 4) is 0 Å². The molecule has 2 amide bonds. The van der Waals surface area contributed by atoms with Crippen LogP contribution in [-0.2, 0) is 4.79 Å². The van der Waals surface area contributed by atoms with Crippen LogP contribution in [0.2, 0.25) is 0 Å². The van der Waals surface area contributed by atoms with Crippen LogP contribution in [0.5, 0.6) is 0 Å². The molecule has 1 aromatic carbocycles. The molecule has 108 valence electrons. The molecule has 0 N–H and O–H groups in total. The lowest BCUT2D eigenvalue weighted by atomic mass is 10.1. The van der Waals surface area contributed by atoms with Crippen molar-refractivity contribution < 1.29 is 18.4 Å². The minimum absolute atomic E-state index is 0.201. The third-order valence-corrected chi connectivity index (χ3v) is 3.42. The van der Waals surface area contributed by atoms with Gasteiger partial charge in [0.05, 0.1) is 5.56 Å². The Bertz CT molecular complexity index is 546. The number of carbonyl (C=O) groups excluding carboxylic acids is 2. The van der Waals surface area contributed by atoms with Crippen molar-refractivity contribution in [1.82, 2.24) is 9.80 Å². The van der Waals surface area contributed by atoms with E-state index in [-0.39, 0.29) is 11.5 Å². The summed E-state index contributed by atoms with van der Waals surface area (Å²) in [6, 6.07) is 2.87. The number of nitrogens with zero attached hydrogens (tertiary/aromatic N) is 2. The van der Waals surface area contributed by atoms with Gasteiger partial charge in [0.1, 0.15) is 6.04 Å². The molecule has 1 heterocycles. The third-order valence-electron chi connectivity index (χ3n) is 3.42. The average molecular weight is 282 g/mol. The van der Waals surface area contributed by atoms with Crippen molar-refractivity contribution in [3.05, 3.63) is 35.4 Å². The second-order valence-corrected chi connectivity index (χ2v) is 4.99. The van der Waals surface area contributed by atoms with Crippen molar-refractivity contribution in [3.63, 3.8) is 0 Å². The van der Waals surface area contributed by atoms with E-state index < -0.39 is 23.6 Å². The summed E-state index contributed by atoms with van der Waals surface area (Å²) in [5.74, 6) is -3.07. The van der Waals surface area contributed by atoms with Crippen molar-refractivity contribution in [2.24, 2.45) is 0 Å². The van der Waals surface area contributed by atoms with E-state index in [9.17, 15) is 18.4 Å². The fourth-order valence-electron chi connectivity index (χ4n) is 2.39. The molecule has 0 aromatic heterocycles. The monoisotopic (exact) mass is 282 g/mol. The molecule has 1 fully saturated rings. The van der Waals surface area contributed by atoms with Gasteiger partial charge in [0.2, 0.25) is 5.91 Å². The maximum Gasteiger partial charge on any atom is 0.257 e. The third kappa shape index (κ3) is 2.50. The Morgan fingerprint density at radius 1 is 1.30 bits per heavy atom. The quantitative estimate of drug-likeness (QED) is 0.827. The molecule has 1 saturated heterocycles. The van der Waals surface area contributed by atoms with Crippen LogP contribution in [0.1, 0.15) is 23.2 Å². The molecule has 0 spiro atoms. The lowest BCUT2D eigenvalue weighted by Gasteiger charge is -2.26. The van der Waals surface area contributed by atoms with Crippen LogP contribution in [-0.4, -0.2) is 48.3 Å². The zero-order chi connectivity index (χ0) is 14.9. The van der Waals surface area contributed by atoms with E-state index in [4.69, 9.17) is 0 Å². The summed E-state index contributed by atoms with van der Waals surface area (Å²) >= 11 is 0. The highest BCUT2D eigenvalue weighted by Gasteiger charge is 2.36. The maximum absolute atomic E-state index is 13.7. The number of carbonyl (C=O) groups is 2. The topological polar surface area (TPSA) is 40.6 Å². The van der Waals surface area contributed by atoms with Crippen molar-refractivity contribution >= 4 is 11.8 Å². The highest BCUT2D eigenvalue weighted by molar-refractivity contribution is 5.98. The summed E-state index contributed by atoms with van der Waals surface area (Å²) < 4.78 is 26.9. The van der Waals surface area contributed by atoms with Crippen molar-refractivity contribution in [1.29, 1.82) is 0 Å². The Morgan fingerprint density at radius 3 is 2.65 bits per heavy atom. The van der Waals surface area contributed by atoms with Gasteiger partial charge < -0.3 is 9.80 Å². The van der Waals surface area contributed by atoms with Gasteiger partial charge in [-0.15, -0.1) is 0 Å². The summed E-state index contributed by atoms with van der Waals surface area (Å²) in [6.45, 7) is 0.374. The predicted octanol–water partition coefficient (Wildman–Crippen LogP) is 1.66. The van der Waals surface area contributed by atoms with Crippen LogP contribution in [0.15, 0.2) is 18.2 Å². The number of hydrogen-bond acceptors (Lipinski definition) is 2. The molecule has 0 aliphatic carbocycles. The van der Waals surface area contributed by atoms with Gasteiger partial charge in [-0.25, -0.2) is 8.78 Å². The van der Waals surface area contributed by atoms with E-state index >= 15 is 0 Å². The molecule has 1 aromatic rings. The summed E-state index contributed by atoms with van der Waals surface area (Å²) in [4.78, 5) is 27.0. The zero-order valence-corrected chi connectivity index (χ0v) is 11.4. The highest BCUT2D eigenvalue weighted by Crippen LogP contribution is 2.23. The molecular formula is C14H16F2N2O2. The minimum Gasteiger partial charge on any atom is -0.347 e. The largest absolute Gasteiger partial charge is 0.347 e. The van der Waals surface area contributed by atoms with Gasteiger partial charge in [-0.3, -0.25) is 9.59 Å². The van der Waals surface area contributed by atoms with E-state index in [1.165, 1.54) is 21.9 Å².